The van der Waals surface area contributed by atoms with E-state index in [1.807, 2.05) is 12.2 Å². The lowest BCUT2D eigenvalue weighted by Gasteiger charge is -2.20. The van der Waals surface area contributed by atoms with Crippen molar-refractivity contribution >= 4 is 0 Å². The summed E-state index contributed by atoms with van der Waals surface area (Å²) < 4.78 is 0. The molecule has 2 aliphatic rings. The zero-order valence-corrected chi connectivity index (χ0v) is 12.9. The molecule has 2 aliphatic carbocycles. The average molecular weight is 290 g/mol. The van der Waals surface area contributed by atoms with Gasteiger partial charge in [-0.05, 0) is 24.8 Å². The summed E-state index contributed by atoms with van der Waals surface area (Å²) in [7, 11) is 0. The maximum atomic E-state index is 11.3. The number of hydrogen-bond donors (Lipinski definition) is 1. The van der Waals surface area contributed by atoms with Gasteiger partial charge < -0.3 is 5.32 Å². The van der Waals surface area contributed by atoms with E-state index >= 15 is 0 Å². The highest BCUT2D eigenvalue weighted by atomic mass is 16.6. The lowest BCUT2D eigenvalue weighted by Crippen LogP contribution is -2.30. The molecule has 4 heteroatoms. The number of hydrogen-bond acceptors (Lipinski definition) is 3. The largest absolute Gasteiger partial charge is 0.377 e. The zero-order valence-electron chi connectivity index (χ0n) is 12.9. The maximum absolute atomic E-state index is 11.3. The van der Waals surface area contributed by atoms with E-state index in [1.165, 1.54) is 38.5 Å². The van der Waals surface area contributed by atoms with Gasteiger partial charge in [0, 0.05) is 12.1 Å². The molecule has 4 nitrogen and oxygen atoms in total. The van der Waals surface area contributed by atoms with Crippen molar-refractivity contribution in [1.82, 2.24) is 5.32 Å². The summed E-state index contributed by atoms with van der Waals surface area (Å²) in [6.07, 6.45) is 17.3. The number of rotatable bonds is 3. The molecule has 0 bridgehead atoms. The van der Waals surface area contributed by atoms with Crippen LogP contribution in [-0.2, 0) is 0 Å². The second-order valence-corrected chi connectivity index (χ2v) is 6.17. The summed E-state index contributed by atoms with van der Waals surface area (Å²) in [5, 5.41) is 14.7. The van der Waals surface area contributed by atoms with Crippen LogP contribution in [0.5, 0.6) is 0 Å². The first kappa shape index (κ1) is 15.8. The smallest absolute Gasteiger partial charge is 0.291 e. The van der Waals surface area contributed by atoms with Crippen molar-refractivity contribution < 1.29 is 4.92 Å². The first-order chi connectivity index (χ1) is 10.2. The summed E-state index contributed by atoms with van der Waals surface area (Å²) in [5.41, 5.74) is 0.886. The minimum atomic E-state index is -0.281. The first-order valence-electron chi connectivity index (χ1n) is 8.18. The fraction of sp³-hybridized carbons (Fsp3) is 0.647. The lowest BCUT2D eigenvalue weighted by atomic mass is 10.0. The standard InChI is InChI=1S/C17H26N2O2/c1-14-9-8-12-17(19(20)21)16(13-14)18-15-10-6-4-2-3-5-7-11-15/h8-9,12-15,18H,2-7,10-11H2,1H3. The fourth-order valence-corrected chi connectivity index (χ4v) is 3.09. The van der Waals surface area contributed by atoms with E-state index in [-0.39, 0.29) is 16.5 Å². The van der Waals surface area contributed by atoms with Gasteiger partial charge in [0.05, 0.1) is 4.92 Å². The Bertz CT molecular complexity index is 442. The number of nitro groups is 1. The Kier molecular flexibility index (Phi) is 6.03. The Morgan fingerprint density at radius 2 is 1.76 bits per heavy atom. The molecule has 0 aromatic rings. The van der Waals surface area contributed by atoms with Gasteiger partial charge in [0.2, 0.25) is 0 Å². The molecule has 1 N–H and O–H groups in total. The van der Waals surface area contributed by atoms with Crippen LogP contribution in [0.15, 0.2) is 35.7 Å². The second kappa shape index (κ2) is 8.01. The van der Waals surface area contributed by atoms with Gasteiger partial charge in [-0.15, -0.1) is 0 Å². The number of nitrogens with zero attached hydrogens (tertiary/aromatic N) is 1. The van der Waals surface area contributed by atoms with Crippen molar-refractivity contribution in [3.05, 3.63) is 45.8 Å². The Balaban J connectivity index is 2.08. The molecule has 0 amide bonds. The minimum Gasteiger partial charge on any atom is -0.377 e. The molecule has 21 heavy (non-hydrogen) atoms. The van der Waals surface area contributed by atoms with Crippen LogP contribution in [0.1, 0.15) is 58.3 Å². The van der Waals surface area contributed by atoms with E-state index in [9.17, 15) is 10.1 Å². The van der Waals surface area contributed by atoms with Crippen LogP contribution in [0.4, 0.5) is 0 Å². The van der Waals surface area contributed by atoms with Gasteiger partial charge in [-0.3, -0.25) is 10.1 Å². The third-order valence-corrected chi connectivity index (χ3v) is 4.29. The first-order valence-corrected chi connectivity index (χ1v) is 8.18. The molecule has 0 heterocycles. The molecule has 2 rings (SSSR count). The summed E-state index contributed by atoms with van der Waals surface area (Å²) in [5.74, 6) is 0.220. The van der Waals surface area contributed by atoms with E-state index < -0.39 is 0 Å². The van der Waals surface area contributed by atoms with Crippen molar-refractivity contribution in [1.29, 1.82) is 0 Å². The van der Waals surface area contributed by atoms with Gasteiger partial charge in [0.15, 0.2) is 0 Å². The van der Waals surface area contributed by atoms with Crippen LogP contribution in [0.2, 0.25) is 0 Å². The monoisotopic (exact) mass is 290 g/mol. The molecule has 1 unspecified atom stereocenters. The molecule has 1 saturated carbocycles. The summed E-state index contributed by atoms with van der Waals surface area (Å²) in [4.78, 5) is 11.0. The zero-order chi connectivity index (χ0) is 15.1. The van der Waals surface area contributed by atoms with Crippen molar-refractivity contribution in [3.63, 3.8) is 0 Å². The normalized spacial score (nSPS) is 24.9. The van der Waals surface area contributed by atoms with E-state index in [0.717, 1.165) is 12.8 Å². The molecule has 0 spiro atoms. The summed E-state index contributed by atoms with van der Waals surface area (Å²) in [6, 6.07) is 0.364. The highest BCUT2D eigenvalue weighted by Gasteiger charge is 2.22. The molecule has 0 aromatic carbocycles. The molecule has 0 aliphatic heterocycles. The van der Waals surface area contributed by atoms with Gasteiger partial charge in [-0.25, -0.2) is 0 Å². The lowest BCUT2D eigenvalue weighted by molar-refractivity contribution is -0.421. The molecule has 1 fully saturated rings. The Labute approximate surface area is 127 Å². The van der Waals surface area contributed by atoms with E-state index in [2.05, 4.69) is 12.2 Å². The van der Waals surface area contributed by atoms with Crippen LogP contribution in [-0.4, -0.2) is 11.0 Å². The predicted octanol–water partition coefficient (Wildman–Crippen LogP) is 4.33. The van der Waals surface area contributed by atoms with Crippen LogP contribution in [0.25, 0.3) is 0 Å². The van der Waals surface area contributed by atoms with Crippen molar-refractivity contribution in [3.8, 4) is 0 Å². The molecular weight excluding hydrogens is 264 g/mol. The molecule has 0 aromatic heterocycles. The third-order valence-electron chi connectivity index (χ3n) is 4.29. The third kappa shape index (κ3) is 5.03. The maximum Gasteiger partial charge on any atom is 0.291 e. The Hall–Kier alpha value is -1.58. The van der Waals surface area contributed by atoms with Gasteiger partial charge in [0.25, 0.3) is 5.70 Å². The summed E-state index contributed by atoms with van der Waals surface area (Å²) >= 11 is 0. The van der Waals surface area contributed by atoms with Crippen molar-refractivity contribution in [2.45, 2.75) is 64.3 Å². The van der Waals surface area contributed by atoms with E-state index in [4.69, 9.17) is 0 Å². The van der Waals surface area contributed by atoms with Crippen LogP contribution in [0.3, 0.4) is 0 Å². The Morgan fingerprint density at radius 1 is 1.14 bits per heavy atom. The van der Waals surface area contributed by atoms with Crippen LogP contribution in [0, 0.1) is 16.0 Å². The van der Waals surface area contributed by atoms with Crippen LogP contribution < -0.4 is 5.32 Å². The van der Waals surface area contributed by atoms with Gasteiger partial charge >= 0.3 is 0 Å². The quantitative estimate of drug-likeness (QED) is 0.621. The summed E-state index contributed by atoms with van der Waals surface area (Å²) in [6.45, 7) is 2.05. The van der Waals surface area contributed by atoms with Crippen LogP contribution >= 0.6 is 0 Å². The van der Waals surface area contributed by atoms with Gasteiger partial charge in [-0.2, -0.15) is 0 Å². The molecule has 116 valence electrons. The van der Waals surface area contributed by atoms with E-state index in [1.54, 1.807) is 12.2 Å². The fourth-order valence-electron chi connectivity index (χ4n) is 3.09. The topological polar surface area (TPSA) is 55.2 Å². The molecule has 0 radical (unpaired) electrons. The number of nitrogens with one attached hydrogen (secondary N) is 1. The van der Waals surface area contributed by atoms with Crippen molar-refractivity contribution in [2.75, 3.05) is 0 Å². The number of allylic oxidation sites excluding steroid dienone is 4. The van der Waals surface area contributed by atoms with E-state index in [0.29, 0.717) is 11.7 Å². The highest BCUT2D eigenvalue weighted by molar-refractivity contribution is 5.32. The highest BCUT2D eigenvalue weighted by Crippen LogP contribution is 2.21. The van der Waals surface area contributed by atoms with Gasteiger partial charge in [-0.1, -0.05) is 57.6 Å². The molecular formula is C17H26N2O2. The van der Waals surface area contributed by atoms with Gasteiger partial charge in [0.1, 0.15) is 5.70 Å². The molecule has 1 atom stereocenters. The second-order valence-electron chi connectivity index (χ2n) is 6.17. The average Bonchev–Trinajstić information content (AvgIpc) is 2.54. The minimum absolute atomic E-state index is 0.190. The van der Waals surface area contributed by atoms with Crippen molar-refractivity contribution in [2.24, 2.45) is 5.92 Å². The SMILES string of the molecule is CC1C=CC=C([N+](=O)[O-])C(NC2CCCCCCCC2)=C1. The molecule has 0 saturated heterocycles. The Morgan fingerprint density at radius 3 is 2.38 bits per heavy atom. The predicted molar refractivity (Wildman–Crippen MR) is 85.3 cm³/mol.